The molecule has 0 fully saturated rings. The van der Waals surface area contributed by atoms with Crippen LogP contribution in [0.5, 0.6) is 0 Å². The minimum absolute atomic E-state index is 0.0761. The summed E-state index contributed by atoms with van der Waals surface area (Å²) in [4.78, 5) is 19.5. The van der Waals surface area contributed by atoms with Crippen molar-refractivity contribution < 1.29 is 31.3 Å². The highest BCUT2D eigenvalue weighted by Crippen LogP contribution is 2.02. The van der Waals surface area contributed by atoms with Crippen LogP contribution < -0.4 is 21.7 Å². The van der Waals surface area contributed by atoms with Crippen LogP contribution in [0.15, 0.2) is 0 Å². The van der Waals surface area contributed by atoms with Gasteiger partial charge in [0.2, 0.25) is 0 Å². The minimum atomic E-state index is -1.14. The number of carboxylic acids is 2. The van der Waals surface area contributed by atoms with E-state index in [2.05, 4.69) is 11.5 Å². The van der Waals surface area contributed by atoms with Gasteiger partial charge in [-0.2, -0.15) is 0 Å². The average molecular weight is 290 g/mol. The highest BCUT2D eigenvalue weighted by Gasteiger charge is 1.90. The lowest BCUT2D eigenvalue weighted by Crippen LogP contribution is -2.50. The topological polar surface area (TPSA) is 136 Å². The molecule has 20 heavy (non-hydrogen) atoms. The van der Waals surface area contributed by atoms with Crippen LogP contribution in [0.1, 0.15) is 64.2 Å². The van der Waals surface area contributed by atoms with Crippen molar-refractivity contribution in [2.24, 2.45) is 0 Å². The maximum atomic E-state index is 9.77. The Kier molecular flexibility index (Phi) is 18.9. The Labute approximate surface area is 121 Å². The van der Waals surface area contributed by atoms with Gasteiger partial charge in [0, 0.05) is 11.9 Å². The summed E-state index contributed by atoms with van der Waals surface area (Å²) in [5.41, 5.74) is 7.62. The van der Waals surface area contributed by atoms with Gasteiger partial charge in [-0.1, -0.05) is 12.8 Å². The molecular formula is C14H30N2O4. The van der Waals surface area contributed by atoms with Gasteiger partial charge in [-0.25, -0.2) is 0 Å². The first-order valence-electron chi connectivity index (χ1n) is 7.52. The Morgan fingerprint density at radius 1 is 0.600 bits per heavy atom. The minimum Gasteiger partial charge on any atom is -0.550 e. The van der Waals surface area contributed by atoms with E-state index < -0.39 is 11.9 Å². The molecule has 0 atom stereocenters. The lowest BCUT2D eigenvalue weighted by atomic mass is 10.1. The van der Waals surface area contributed by atoms with Crippen molar-refractivity contribution in [2.45, 2.75) is 64.2 Å². The first-order chi connectivity index (χ1) is 9.54. The highest BCUT2D eigenvalue weighted by atomic mass is 16.4. The Morgan fingerprint density at radius 2 is 0.900 bits per heavy atom. The van der Waals surface area contributed by atoms with Crippen molar-refractivity contribution in [2.75, 3.05) is 13.1 Å². The number of hydrogen-bond acceptors (Lipinski definition) is 4. The zero-order valence-corrected chi connectivity index (χ0v) is 12.5. The van der Waals surface area contributed by atoms with Crippen molar-refractivity contribution in [3.05, 3.63) is 0 Å². The number of rotatable bonds is 12. The number of quaternary nitrogens is 2. The Bertz CT molecular complexity index is 211. The molecule has 0 aromatic carbocycles. The SMILES string of the molecule is O=C([O-])CCCCC(=O)[O-].[NH3+]CCCCCCCC[NH3+]. The Balaban J connectivity index is 0. The summed E-state index contributed by atoms with van der Waals surface area (Å²) in [6, 6.07) is 0. The maximum absolute atomic E-state index is 9.77. The number of aliphatic carboxylic acids is 2. The molecule has 6 heteroatoms. The monoisotopic (exact) mass is 290 g/mol. The molecule has 0 aliphatic rings. The molecule has 0 radical (unpaired) electrons. The molecule has 0 aromatic heterocycles. The number of carbonyl (C=O) groups excluding carboxylic acids is 2. The molecule has 6 nitrogen and oxygen atoms in total. The van der Waals surface area contributed by atoms with Gasteiger partial charge in [-0.05, 0) is 51.4 Å². The molecule has 0 saturated heterocycles. The first-order valence-corrected chi connectivity index (χ1v) is 7.52. The summed E-state index contributed by atoms with van der Waals surface area (Å²) >= 11 is 0. The summed E-state index contributed by atoms with van der Waals surface area (Å²) in [7, 11) is 0. The molecule has 0 unspecified atom stereocenters. The molecule has 0 heterocycles. The summed E-state index contributed by atoms with van der Waals surface area (Å²) in [6.45, 7) is 2.21. The van der Waals surface area contributed by atoms with Gasteiger partial charge in [0.05, 0.1) is 13.1 Å². The third kappa shape index (κ3) is 25.6. The third-order valence-electron chi connectivity index (χ3n) is 2.76. The standard InChI is InChI=1S/C8H20N2.C6H10O4/c9-7-5-3-1-2-4-6-8-10;7-5(8)3-1-2-4-6(9)10/h1-10H2;1-4H2,(H,7,8)(H,9,10). The smallest absolute Gasteiger partial charge is 0.0739 e. The van der Waals surface area contributed by atoms with Crippen LogP contribution >= 0.6 is 0 Å². The van der Waals surface area contributed by atoms with Gasteiger partial charge in [-0.3, -0.25) is 0 Å². The van der Waals surface area contributed by atoms with Crippen LogP contribution in [0.25, 0.3) is 0 Å². The number of carboxylic acid groups (broad SMARTS) is 2. The van der Waals surface area contributed by atoms with E-state index in [1.165, 1.54) is 38.5 Å². The van der Waals surface area contributed by atoms with Gasteiger partial charge < -0.3 is 31.3 Å². The van der Waals surface area contributed by atoms with Gasteiger partial charge in [0.1, 0.15) is 0 Å². The van der Waals surface area contributed by atoms with E-state index in [1.54, 1.807) is 0 Å². The zero-order valence-electron chi connectivity index (χ0n) is 12.5. The first kappa shape index (κ1) is 21.2. The van der Waals surface area contributed by atoms with E-state index in [0.29, 0.717) is 12.8 Å². The van der Waals surface area contributed by atoms with E-state index in [0.717, 1.165) is 13.1 Å². The van der Waals surface area contributed by atoms with E-state index in [4.69, 9.17) is 0 Å². The van der Waals surface area contributed by atoms with Crippen LogP contribution in [0.2, 0.25) is 0 Å². The van der Waals surface area contributed by atoms with Crippen LogP contribution in [0.3, 0.4) is 0 Å². The predicted octanol–water partition coefficient (Wildman–Crippen LogP) is -2.14. The summed E-state index contributed by atoms with van der Waals surface area (Å²) in [5, 5.41) is 19.5. The average Bonchev–Trinajstić information content (AvgIpc) is 2.39. The van der Waals surface area contributed by atoms with Crippen molar-refractivity contribution in [3.8, 4) is 0 Å². The molecule has 0 saturated carbocycles. The van der Waals surface area contributed by atoms with Crippen molar-refractivity contribution >= 4 is 11.9 Å². The second-order valence-electron chi connectivity index (χ2n) is 4.78. The molecule has 0 aliphatic carbocycles. The fraction of sp³-hybridized carbons (Fsp3) is 0.857. The van der Waals surface area contributed by atoms with Crippen LogP contribution in [-0.4, -0.2) is 25.0 Å². The lowest BCUT2D eigenvalue weighted by Gasteiger charge is -2.01. The fourth-order valence-electron chi connectivity index (χ4n) is 1.60. The number of carbonyl (C=O) groups is 2. The Morgan fingerprint density at radius 3 is 1.15 bits per heavy atom. The highest BCUT2D eigenvalue weighted by molar-refractivity contribution is 5.65. The Hall–Kier alpha value is -1.14. The molecule has 0 aliphatic heterocycles. The number of unbranched alkanes of at least 4 members (excludes halogenated alkanes) is 6. The molecule has 0 bridgehead atoms. The van der Waals surface area contributed by atoms with Crippen LogP contribution in [0, 0.1) is 0 Å². The second kappa shape index (κ2) is 17.9. The van der Waals surface area contributed by atoms with Gasteiger partial charge >= 0.3 is 0 Å². The van der Waals surface area contributed by atoms with Crippen molar-refractivity contribution in [1.82, 2.24) is 0 Å². The van der Waals surface area contributed by atoms with Gasteiger partial charge in [0.25, 0.3) is 0 Å². The van der Waals surface area contributed by atoms with Crippen molar-refractivity contribution in [1.29, 1.82) is 0 Å². The van der Waals surface area contributed by atoms with E-state index >= 15 is 0 Å². The van der Waals surface area contributed by atoms with E-state index in [1.807, 2.05) is 0 Å². The second-order valence-corrected chi connectivity index (χ2v) is 4.78. The molecule has 0 amide bonds. The molecule has 120 valence electrons. The summed E-state index contributed by atoms with van der Waals surface area (Å²) in [5.74, 6) is -2.28. The third-order valence-corrected chi connectivity index (χ3v) is 2.76. The van der Waals surface area contributed by atoms with Crippen LogP contribution in [0.4, 0.5) is 0 Å². The van der Waals surface area contributed by atoms with E-state index in [9.17, 15) is 19.8 Å². The molecule has 6 N–H and O–H groups in total. The molecular weight excluding hydrogens is 260 g/mol. The quantitative estimate of drug-likeness (QED) is 0.396. The summed E-state index contributed by atoms with van der Waals surface area (Å²) < 4.78 is 0. The largest absolute Gasteiger partial charge is 0.550 e. The molecule has 0 rings (SSSR count). The lowest BCUT2D eigenvalue weighted by molar-refractivity contribution is -0.369. The van der Waals surface area contributed by atoms with Gasteiger partial charge in [-0.15, -0.1) is 0 Å². The summed E-state index contributed by atoms with van der Waals surface area (Å²) in [6.07, 6.45) is 8.70. The van der Waals surface area contributed by atoms with Crippen molar-refractivity contribution in [3.63, 3.8) is 0 Å². The molecule has 0 spiro atoms. The normalized spacial score (nSPS) is 9.70. The van der Waals surface area contributed by atoms with Crippen LogP contribution in [-0.2, 0) is 9.59 Å². The maximum Gasteiger partial charge on any atom is 0.0739 e. The van der Waals surface area contributed by atoms with E-state index in [-0.39, 0.29) is 12.8 Å². The number of hydrogen-bond donors (Lipinski definition) is 2. The zero-order chi connectivity index (χ0) is 15.6. The fourth-order valence-corrected chi connectivity index (χ4v) is 1.60. The van der Waals surface area contributed by atoms with Gasteiger partial charge in [0.15, 0.2) is 0 Å². The molecule has 0 aromatic rings. The predicted molar refractivity (Wildman–Crippen MR) is 71.7 cm³/mol.